The summed E-state index contributed by atoms with van der Waals surface area (Å²) in [6.07, 6.45) is 0. The van der Waals surface area contributed by atoms with Gasteiger partial charge in [0.05, 0.1) is 55.5 Å². The van der Waals surface area contributed by atoms with Crippen molar-refractivity contribution in [3.63, 3.8) is 0 Å². The van der Waals surface area contributed by atoms with Crippen molar-refractivity contribution < 1.29 is 0 Å². The van der Waals surface area contributed by atoms with E-state index in [2.05, 4.69) is 243 Å². The molecule has 0 N–H and O–H groups in total. The summed E-state index contributed by atoms with van der Waals surface area (Å²) in [7, 11) is 0. The van der Waals surface area contributed by atoms with E-state index in [0.717, 1.165) is 89.0 Å². The topological polar surface area (TPSA) is 58.4 Å². The summed E-state index contributed by atoms with van der Waals surface area (Å²) < 4.78 is 10.0. The average molecular weight is 970 g/mol. The average Bonchev–Trinajstić information content (AvgIpc) is 4.31. The summed E-state index contributed by atoms with van der Waals surface area (Å²) in [6.45, 7) is 0. The number of hydrogen-bond donors (Lipinski definition) is 0. The Labute approximate surface area is 436 Å². The number of aromatic nitrogens is 7. The lowest BCUT2D eigenvalue weighted by Crippen LogP contribution is -2.05. The maximum atomic E-state index is 5.30. The van der Waals surface area contributed by atoms with Crippen LogP contribution in [0.5, 0.6) is 0 Å². The maximum absolute atomic E-state index is 5.30. The fraction of sp³-hybridized carbons (Fsp3) is 0. The fourth-order valence-corrected chi connectivity index (χ4v) is 12.2. The number of nitrogens with zero attached hydrogens (tertiary/aromatic N) is 7. The summed E-state index contributed by atoms with van der Waals surface area (Å²) in [5.74, 6) is 1.82. The molecule has 0 radical (unpaired) electrons. The molecule has 0 aliphatic heterocycles. The molecule has 5 aromatic heterocycles. The fourth-order valence-electron chi connectivity index (χ4n) is 12.2. The first kappa shape index (κ1) is 42.2. The monoisotopic (exact) mass is 969 g/mol. The Bertz CT molecular complexity index is 4790. The second kappa shape index (κ2) is 16.6. The molecule has 76 heavy (non-hydrogen) atoms. The van der Waals surface area contributed by atoms with Crippen LogP contribution < -0.4 is 0 Å². The molecule has 7 heteroatoms. The van der Waals surface area contributed by atoms with E-state index in [1.54, 1.807) is 0 Å². The largest absolute Gasteiger partial charge is 0.308 e. The minimum Gasteiger partial charge on any atom is -0.308 e. The van der Waals surface area contributed by atoms with Crippen LogP contribution in [-0.2, 0) is 0 Å². The van der Waals surface area contributed by atoms with Crippen molar-refractivity contribution in [2.45, 2.75) is 0 Å². The highest BCUT2D eigenvalue weighted by molar-refractivity contribution is 6.40. The van der Waals surface area contributed by atoms with Gasteiger partial charge in [-0.1, -0.05) is 188 Å². The normalized spacial score (nSPS) is 11.9. The van der Waals surface area contributed by atoms with Crippen molar-refractivity contribution in [3.05, 3.63) is 261 Å². The Morgan fingerprint density at radius 1 is 0.224 bits per heavy atom. The molecule has 0 atom stereocenters. The van der Waals surface area contributed by atoms with E-state index in [0.29, 0.717) is 17.5 Å². The van der Waals surface area contributed by atoms with Gasteiger partial charge in [0.1, 0.15) is 0 Å². The predicted molar refractivity (Wildman–Crippen MR) is 313 cm³/mol. The van der Waals surface area contributed by atoms with Crippen molar-refractivity contribution in [1.82, 2.24) is 33.2 Å². The number of hydrogen-bond acceptors (Lipinski definition) is 3. The van der Waals surface area contributed by atoms with Crippen molar-refractivity contribution >= 4 is 87.2 Å². The van der Waals surface area contributed by atoms with Gasteiger partial charge in [-0.25, -0.2) is 15.0 Å². The van der Waals surface area contributed by atoms with Gasteiger partial charge in [0.15, 0.2) is 17.5 Å². The first-order valence-corrected chi connectivity index (χ1v) is 25.8. The smallest absolute Gasteiger partial charge is 0.164 e. The molecule has 16 aromatic rings. The third kappa shape index (κ3) is 6.14. The molecule has 0 fully saturated rings. The van der Waals surface area contributed by atoms with Gasteiger partial charge >= 0.3 is 0 Å². The van der Waals surface area contributed by atoms with E-state index in [-0.39, 0.29) is 0 Å². The highest BCUT2D eigenvalue weighted by atomic mass is 15.1. The molecular formula is C69H43N7. The lowest BCUT2D eigenvalue weighted by Gasteiger charge is -2.19. The van der Waals surface area contributed by atoms with Crippen LogP contribution in [0, 0.1) is 0 Å². The van der Waals surface area contributed by atoms with Crippen LogP contribution in [-0.4, -0.2) is 33.2 Å². The summed E-state index contributed by atoms with van der Waals surface area (Å²) >= 11 is 0. The zero-order valence-electron chi connectivity index (χ0n) is 41.0. The molecule has 0 amide bonds. The molecule has 0 unspecified atom stereocenters. The van der Waals surface area contributed by atoms with Gasteiger partial charge in [-0.2, -0.15) is 0 Å². The van der Waals surface area contributed by atoms with Crippen LogP contribution in [0.25, 0.3) is 144 Å². The molecular weight excluding hydrogens is 927 g/mol. The molecule has 0 saturated heterocycles. The van der Waals surface area contributed by atoms with Gasteiger partial charge < -0.3 is 18.3 Å². The molecule has 7 nitrogen and oxygen atoms in total. The molecule has 0 spiro atoms. The lowest BCUT2D eigenvalue weighted by atomic mass is 10.0. The zero-order chi connectivity index (χ0) is 49.8. The van der Waals surface area contributed by atoms with Gasteiger partial charge in [0, 0.05) is 71.2 Å². The van der Waals surface area contributed by atoms with E-state index in [4.69, 9.17) is 15.0 Å². The number of para-hydroxylation sites is 7. The van der Waals surface area contributed by atoms with Crippen LogP contribution in [0.4, 0.5) is 0 Å². The molecule has 11 aromatic carbocycles. The minimum absolute atomic E-state index is 0.589. The highest BCUT2D eigenvalue weighted by Gasteiger charge is 2.30. The van der Waals surface area contributed by atoms with Crippen LogP contribution in [0.2, 0.25) is 0 Å². The SMILES string of the molecule is c1ccc(-c2nc(-c3ccccc3)nc(-c3ccc(-n4c5ccccc5c5c6c(c7ccccc7n6-c6ccccc6)c6c(c7ccccc7n6-c6ccccc6)c54)c(-n4c5ccccc5c5ccccc54)c3)n2)cc1. The van der Waals surface area contributed by atoms with E-state index in [1.807, 2.05) is 36.4 Å². The first-order chi connectivity index (χ1) is 37.8. The zero-order valence-corrected chi connectivity index (χ0v) is 41.0. The lowest BCUT2D eigenvalue weighted by molar-refractivity contribution is 1.06. The minimum atomic E-state index is 0.589. The Balaban J connectivity index is 1.12. The van der Waals surface area contributed by atoms with Gasteiger partial charge in [-0.15, -0.1) is 0 Å². The quantitative estimate of drug-likeness (QED) is 0.160. The third-order valence-corrected chi connectivity index (χ3v) is 15.4. The molecule has 5 heterocycles. The third-order valence-electron chi connectivity index (χ3n) is 15.4. The van der Waals surface area contributed by atoms with Crippen molar-refractivity contribution in [1.29, 1.82) is 0 Å². The summed E-state index contributed by atoms with van der Waals surface area (Å²) in [5, 5.41) is 9.47. The van der Waals surface area contributed by atoms with Crippen LogP contribution >= 0.6 is 0 Å². The number of rotatable bonds is 7. The number of fused-ring (bicyclic) bond motifs is 15. The molecule has 0 aliphatic carbocycles. The second-order valence-corrected chi connectivity index (χ2v) is 19.5. The standard InChI is InChI=1S/C69H43N7/c1-5-23-44(24-6-1)67-70-68(45-25-7-2-8-26-45)72-69(71-67)46-41-42-59(60(43-46)75-54-36-18-13-31-49(54)50-32-14-19-37-55(50)75)76-58-40-22-17-35-53(58)63-65-61(51-33-15-20-38-56(51)73(65)47-27-9-3-10-28-47)64-62(66(63)76)52-34-16-21-39-57(52)74(64)48-29-11-4-12-30-48/h1-43H. The molecule has 354 valence electrons. The van der Waals surface area contributed by atoms with E-state index in [1.165, 1.54) is 37.7 Å². The summed E-state index contributed by atoms with van der Waals surface area (Å²) in [4.78, 5) is 15.7. The van der Waals surface area contributed by atoms with Gasteiger partial charge in [0.2, 0.25) is 0 Å². The van der Waals surface area contributed by atoms with Crippen LogP contribution in [0.15, 0.2) is 261 Å². The Morgan fingerprint density at radius 2 is 0.539 bits per heavy atom. The molecule has 0 bridgehead atoms. The first-order valence-electron chi connectivity index (χ1n) is 25.8. The van der Waals surface area contributed by atoms with E-state index >= 15 is 0 Å². The Hall–Kier alpha value is -10.4. The van der Waals surface area contributed by atoms with Crippen molar-refractivity contribution in [2.75, 3.05) is 0 Å². The Morgan fingerprint density at radius 3 is 0.961 bits per heavy atom. The molecule has 0 aliphatic rings. The molecule has 0 saturated carbocycles. The second-order valence-electron chi connectivity index (χ2n) is 19.5. The van der Waals surface area contributed by atoms with Gasteiger partial charge in [-0.05, 0) is 72.8 Å². The summed E-state index contributed by atoms with van der Waals surface area (Å²) in [6, 6.07) is 93.4. The highest BCUT2D eigenvalue weighted by Crippen LogP contribution is 2.51. The van der Waals surface area contributed by atoms with Crippen molar-refractivity contribution in [3.8, 4) is 56.9 Å². The molecule has 16 rings (SSSR count). The van der Waals surface area contributed by atoms with Gasteiger partial charge in [-0.3, -0.25) is 0 Å². The predicted octanol–water partition coefficient (Wildman–Crippen LogP) is 17.3. The van der Waals surface area contributed by atoms with Crippen LogP contribution in [0.1, 0.15) is 0 Å². The van der Waals surface area contributed by atoms with Gasteiger partial charge in [0.25, 0.3) is 0 Å². The number of benzene rings is 11. The van der Waals surface area contributed by atoms with Crippen molar-refractivity contribution in [2.24, 2.45) is 0 Å². The summed E-state index contributed by atoms with van der Waals surface area (Å²) in [5.41, 5.74) is 16.0. The van der Waals surface area contributed by atoms with E-state index in [9.17, 15) is 0 Å². The Kier molecular flexibility index (Phi) is 9.20. The van der Waals surface area contributed by atoms with E-state index < -0.39 is 0 Å². The maximum Gasteiger partial charge on any atom is 0.164 e. The van der Waals surface area contributed by atoms with Crippen LogP contribution in [0.3, 0.4) is 0 Å².